The standard InChI is InChI=1S/C13H15Cl3O/c1-2-17-12-7-10(14)9(6-11(12)15)13(16)8-4-3-5-8/h6-8,13H,2-5H2,1H3. The molecule has 2 rings (SSSR count). The van der Waals surface area contributed by atoms with Gasteiger partial charge in [0.1, 0.15) is 5.75 Å². The minimum absolute atomic E-state index is 0.0376. The van der Waals surface area contributed by atoms with Crippen molar-refractivity contribution in [1.29, 1.82) is 0 Å². The predicted molar refractivity (Wildman–Crippen MR) is 73.6 cm³/mol. The third-order valence-corrected chi connectivity index (χ3v) is 4.43. The summed E-state index contributed by atoms with van der Waals surface area (Å²) < 4.78 is 5.39. The molecular weight excluding hydrogens is 279 g/mol. The largest absolute Gasteiger partial charge is 0.492 e. The molecule has 0 bridgehead atoms. The summed E-state index contributed by atoms with van der Waals surface area (Å²) in [7, 11) is 0. The minimum atomic E-state index is -0.0376. The van der Waals surface area contributed by atoms with Crippen molar-refractivity contribution in [1.82, 2.24) is 0 Å². The number of rotatable bonds is 4. The summed E-state index contributed by atoms with van der Waals surface area (Å²) in [5.74, 6) is 1.16. The number of ether oxygens (including phenoxy) is 1. The van der Waals surface area contributed by atoms with Crippen LogP contribution in [0.4, 0.5) is 0 Å². The smallest absolute Gasteiger partial charge is 0.139 e. The van der Waals surface area contributed by atoms with Crippen LogP contribution in [0.25, 0.3) is 0 Å². The summed E-state index contributed by atoms with van der Waals surface area (Å²) in [6.45, 7) is 2.49. The van der Waals surface area contributed by atoms with E-state index in [1.165, 1.54) is 19.3 Å². The minimum Gasteiger partial charge on any atom is -0.492 e. The molecule has 0 N–H and O–H groups in total. The maximum absolute atomic E-state index is 6.43. The van der Waals surface area contributed by atoms with Crippen LogP contribution in [0.5, 0.6) is 5.75 Å². The van der Waals surface area contributed by atoms with Gasteiger partial charge in [-0.3, -0.25) is 0 Å². The lowest BCUT2D eigenvalue weighted by atomic mass is 9.80. The van der Waals surface area contributed by atoms with Gasteiger partial charge in [0.05, 0.1) is 17.0 Å². The van der Waals surface area contributed by atoms with Gasteiger partial charge in [0.15, 0.2) is 0 Å². The van der Waals surface area contributed by atoms with Gasteiger partial charge in [-0.05, 0) is 37.3 Å². The molecule has 1 aromatic rings. The fourth-order valence-corrected chi connectivity index (χ4v) is 2.99. The van der Waals surface area contributed by atoms with Crippen LogP contribution >= 0.6 is 34.8 Å². The lowest BCUT2D eigenvalue weighted by Crippen LogP contribution is -2.16. The monoisotopic (exact) mass is 292 g/mol. The lowest BCUT2D eigenvalue weighted by Gasteiger charge is -2.30. The average Bonchev–Trinajstić information content (AvgIpc) is 2.20. The summed E-state index contributed by atoms with van der Waals surface area (Å²) in [4.78, 5) is 0. The Morgan fingerprint density at radius 2 is 2.00 bits per heavy atom. The molecule has 0 heterocycles. The normalized spacial score (nSPS) is 17.6. The van der Waals surface area contributed by atoms with Crippen LogP contribution in [0, 0.1) is 5.92 Å². The van der Waals surface area contributed by atoms with E-state index < -0.39 is 0 Å². The molecule has 1 saturated carbocycles. The van der Waals surface area contributed by atoms with Crippen molar-refractivity contribution < 1.29 is 4.74 Å². The van der Waals surface area contributed by atoms with E-state index in [0.29, 0.717) is 28.3 Å². The molecule has 1 aliphatic rings. The summed E-state index contributed by atoms with van der Waals surface area (Å²) in [5, 5.41) is 1.19. The topological polar surface area (TPSA) is 9.23 Å². The molecule has 1 fully saturated rings. The fraction of sp³-hybridized carbons (Fsp3) is 0.538. The Kier molecular flexibility index (Phi) is 4.46. The molecule has 1 aliphatic carbocycles. The molecule has 0 radical (unpaired) electrons. The zero-order chi connectivity index (χ0) is 12.4. The Morgan fingerprint density at radius 1 is 1.29 bits per heavy atom. The molecule has 0 aliphatic heterocycles. The van der Waals surface area contributed by atoms with Gasteiger partial charge in [-0.15, -0.1) is 11.6 Å². The number of alkyl halides is 1. The Balaban J connectivity index is 2.25. The van der Waals surface area contributed by atoms with Crippen LogP contribution in [-0.4, -0.2) is 6.61 Å². The first-order chi connectivity index (χ1) is 8.13. The molecule has 1 aromatic carbocycles. The Bertz CT molecular complexity index is 402. The van der Waals surface area contributed by atoms with Crippen LogP contribution < -0.4 is 4.74 Å². The molecule has 1 unspecified atom stereocenters. The molecule has 0 spiro atoms. The van der Waals surface area contributed by atoms with Crippen molar-refractivity contribution in [2.45, 2.75) is 31.6 Å². The lowest BCUT2D eigenvalue weighted by molar-refractivity contribution is 0.305. The Morgan fingerprint density at radius 3 is 2.53 bits per heavy atom. The SMILES string of the molecule is CCOc1cc(Cl)c(C(Cl)C2CCC2)cc1Cl. The maximum atomic E-state index is 6.43. The van der Waals surface area contributed by atoms with Gasteiger partial charge in [0.2, 0.25) is 0 Å². The number of halogens is 3. The van der Waals surface area contributed by atoms with E-state index in [0.717, 1.165) is 5.56 Å². The van der Waals surface area contributed by atoms with Gasteiger partial charge >= 0.3 is 0 Å². The number of hydrogen-bond donors (Lipinski definition) is 0. The highest BCUT2D eigenvalue weighted by molar-refractivity contribution is 6.35. The van der Waals surface area contributed by atoms with Crippen molar-refractivity contribution >= 4 is 34.8 Å². The van der Waals surface area contributed by atoms with Crippen LogP contribution in [0.15, 0.2) is 12.1 Å². The zero-order valence-electron chi connectivity index (χ0n) is 9.68. The third kappa shape index (κ3) is 2.83. The van der Waals surface area contributed by atoms with E-state index in [1.807, 2.05) is 13.0 Å². The van der Waals surface area contributed by atoms with Crippen molar-refractivity contribution in [2.24, 2.45) is 5.92 Å². The highest BCUT2D eigenvalue weighted by Crippen LogP contribution is 2.45. The highest BCUT2D eigenvalue weighted by atomic mass is 35.5. The first kappa shape index (κ1) is 13.3. The second-order valence-corrected chi connectivity index (χ2v) is 5.61. The quantitative estimate of drug-likeness (QED) is 0.669. The van der Waals surface area contributed by atoms with Crippen LogP contribution in [-0.2, 0) is 0 Å². The molecule has 1 nitrogen and oxygen atoms in total. The Labute approximate surface area is 117 Å². The van der Waals surface area contributed by atoms with E-state index in [2.05, 4.69) is 0 Å². The van der Waals surface area contributed by atoms with Crippen molar-refractivity contribution in [3.05, 3.63) is 27.7 Å². The molecule has 1 atom stereocenters. The molecule has 0 amide bonds. The second kappa shape index (κ2) is 5.69. The summed E-state index contributed by atoms with van der Waals surface area (Å²) in [5.41, 5.74) is 0.923. The first-order valence-electron chi connectivity index (χ1n) is 5.89. The molecule has 0 saturated heterocycles. The van der Waals surface area contributed by atoms with Crippen molar-refractivity contribution in [3.63, 3.8) is 0 Å². The molecular formula is C13H15Cl3O. The summed E-state index contributed by atoms with van der Waals surface area (Å²) in [6.07, 6.45) is 3.61. The van der Waals surface area contributed by atoms with Gasteiger partial charge < -0.3 is 4.74 Å². The maximum Gasteiger partial charge on any atom is 0.139 e. The van der Waals surface area contributed by atoms with Crippen molar-refractivity contribution in [3.8, 4) is 5.75 Å². The van der Waals surface area contributed by atoms with Gasteiger partial charge in [0.25, 0.3) is 0 Å². The molecule has 4 heteroatoms. The second-order valence-electron chi connectivity index (χ2n) is 4.33. The van der Waals surface area contributed by atoms with Gasteiger partial charge in [-0.25, -0.2) is 0 Å². The van der Waals surface area contributed by atoms with E-state index >= 15 is 0 Å². The highest BCUT2D eigenvalue weighted by Gasteiger charge is 2.28. The first-order valence-corrected chi connectivity index (χ1v) is 7.08. The molecule has 0 aromatic heterocycles. The van der Waals surface area contributed by atoms with Crippen LogP contribution in [0.3, 0.4) is 0 Å². The fourth-order valence-electron chi connectivity index (χ4n) is 2.01. The Hall–Kier alpha value is -0.110. The molecule has 17 heavy (non-hydrogen) atoms. The summed E-state index contributed by atoms with van der Waals surface area (Å²) >= 11 is 18.8. The average molecular weight is 294 g/mol. The van der Waals surface area contributed by atoms with Crippen LogP contribution in [0.2, 0.25) is 10.0 Å². The summed E-state index contributed by atoms with van der Waals surface area (Å²) in [6, 6.07) is 3.60. The van der Waals surface area contributed by atoms with Crippen LogP contribution in [0.1, 0.15) is 37.1 Å². The molecule has 94 valence electrons. The van der Waals surface area contributed by atoms with E-state index in [-0.39, 0.29) is 5.38 Å². The van der Waals surface area contributed by atoms with Gasteiger partial charge in [0, 0.05) is 11.1 Å². The van der Waals surface area contributed by atoms with E-state index in [1.54, 1.807) is 6.07 Å². The van der Waals surface area contributed by atoms with Gasteiger partial charge in [-0.1, -0.05) is 29.6 Å². The van der Waals surface area contributed by atoms with E-state index in [4.69, 9.17) is 39.5 Å². The third-order valence-electron chi connectivity index (χ3n) is 3.21. The van der Waals surface area contributed by atoms with Crippen molar-refractivity contribution in [2.75, 3.05) is 6.61 Å². The number of hydrogen-bond acceptors (Lipinski definition) is 1. The number of benzene rings is 1. The van der Waals surface area contributed by atoms with E-state index in [9.17, 15) is 0 Å². The zero-order valence-corrected chi connectivity index (χ0v) is 11.9. The van der Waals surface area contributed by atoms with Gasteiger partial charge in [-0.2, -0.15) is 0 Å². The predicted octanol–water partition coefficient (Wildman–Crippen LogP) is 5.47.